The Balaban J connectivity index is 2.07. The van der Waals surface area contributed by atoms with Gasteiger partial charge < -0.3 is 4.90 Å². The number of nitrogens with one attached hydrogen (secondary N) is 1. The quantitative estimate of drug-likeness (QED) is 0.829. The van der Waals surface area contributed by atoms with Crippen LogP contribution < -0.4 is 5.32 Å². The van der Waals surface area contributed by atoms with Gasteiger partial charge in [-0.3, -0.25) is 10.1 Å². The molecule has 0 aromatic carbocycles. The van der Waals surface area contributed by atoms with Crippen molar-refractivity contribution in [1.29, 1.82) is 0 Å². The minimum absolute atomic E-state index is 0.0625. The molecule has 1 heterocycles. The Morgan fingerprint density at radius 1 is 1.37 bits per heavy atom. The molecule has 1 saturated carbocycles. The van der Waals surface area contributed by atoms with Gasteiger partial charge in [0.2, 0.25) is 5.91 Å². The zero-order chi connectivity index (χ0) is 14.0. The number of hydrogen-bond donors (Lipinski definition) is 1. The molecule has 1 saturated heterocycles. The van der Waals surface area contributed by atoms with E-state index in [9.17, 15) is 4.79 Å². The Morgan fingerprint density at radius 2 is 2.11 bits per heavy atom. The highest BCUT2D eigenvalue weighted by molar-refractivity contribution is 5.84. The number of rotatable bonds is 5. The summed E-state index contributed by atoms with van der Waals surface area (Å²) in [6.07, 6.45) is 7.16. The van der Waals surface area contributed by atoms with Crippen LogP contribution >= 0.6 is 0 Å². The highest BCUT2D eigenvalue weighted by Crippen LogP contribution is 2.33. The smallest absolute Gasteiger partial charge is 0.241 e. The first-order valence-corrected chi connectivity index (χ1v) is 8.11. The maximum Gasteiger partial charge on any atom is 0.241 e. The first-order chi connectivity index (χ1) is 9.02. The largest absolute Gasteiger partial charge is 0.323 e. The second-order valence-corrected chi connectivity index (χ2v) is 6.97. The summed E-state index contributed by atoms with van der Waals surface area (Å²) in [6, 6.07) is 0.552. The van der Waals surface area contributed by atoms with Gasteiger partial charge in [-0.25, -0.2) is 0 Å². The van der Waals surface area contributed by atoms with Crippen LogP contribution in [0.1, 0.15) is 66.2 Å². The maximum atomic E-state index is 12.7. The van der Waals surface area contributed by atoms with Crippen molar-refractivity contribution in [2.24, 2.45) is 11.8 Å². The fourth-order valence-electron chi connectivity index (χ4n) is 3.72. The number of carbonyl (C=O) groups is 1. The van der Waals surface area contributed by atoms with Gasteiger partial charge in [-0.2, -0.15) is 0 Å². The molecule has 0 aromatic heterocycles. The van der Waals surface area contributed by atoms with Gasteiger partial charge in [0.05, 0.1) is 12.2 Å². The zero-order valence-corrected chi connectivity index (χ0v) is 13.0. The van der Waals surface area contributed by atoms with E-state index in [0.717, 1.165) is 25.2 Å². The molecule has 1 N–H and O–H groups in total. The molecule has 1 amide bonds. The van der Waals surface area contributed by atoms with Crippen LogP contribution in [0.15, 0.2) is 0 Å². The van der Waals surface area contributed by atoms with Crippen LogP contribution in [0.2, 0.25) is 0 Å². The molecule has 2 fully saturated rings. The van der Waals surface area contributed by atoms with E-state index in [1.165, 1.54) is 19.3 Å². The summed E-state index contributed by atoms with van der Waals surface area (Å²) < 4.78 is 0. The Morgan fingerprint density at radius 3 is 2.63 bits per heavy atom. The van der Waals surface area contributed by atoms with Crippen molar-refractivity contribution in [3.8, 4) is 0 Å². The van der Waals surface area contributed by atoms with Crippen LogP contribution in [-0.2, 0) is 4.79 Å². The van der Waals surface area contributed by atoms with Crippen molar-refractivity contribution in [3.05, 3.63) is 0 Å². The van der Waals surface area contributed by atoms with E-state index in [-0.39, 0.29) is 12.2 Å². The predicted octanol–water partition coefficient (Wildman–Crippen LogP) is 3.15. The lowest BCUT2D eigenvalue weighted by Crippen LogP contribution is -2.43. The van der Waals surface area contributed by atoms with E-state index < -0.39 is 0 Å². The third-order valence-electron chi connectivity index (χ3n) is 4.61. The molecule has 0 aromatic rings. The molecule has 0 radical (unpaired) electrons. The van der Waals surface area contributed by atoms with E-state index >= 15 is 0 Å². The van der Waals surface area contributed by atoms with Crippen molar-refractivity contribution in [2.45, 2.75) is 84.5 Å². The summed E-state index contributed by atoms with van der Waals surface area (Å²) >= 11 is 0. The van der Waals surface area contributed by atoms with Crippen LogP contribution in [0.3, 0.4) is 0 Å². The van der Waals surface area contributed by atoms with E-state index in [4.69, 9.17) is 0 Å². The summed E-state index contributed by atoms with van der Waals surface area (Å²) in [5, 5.41) is 3.59. The molecular weight excluding hydrogens is 236 g/mol. The molecule has 1 aliphatic heterocycles. The van der Waals surface area contributed by atoms with Gasteiger partial charge in [0.1, 0.15) is 0 Å². The van der Waals surface area contributed by atoms with Crippen molar-refractivity contribution in [1.82, 2.24) is 10.2 Å². The predicted molar refractivity (Wildman–Crippen MR) is 78.7 cm³/mol. The Labute approximate surface area is 118 Å². The van der Waals surface area contributed by atoms with Gasteiger partial charge in [-0.05, 0) is 43.9 Å². The molecule has 2 aliphatic rings. The Hall–Kier alpha value is -0.570. The Kier molecular flexibility index (Phi) is 4.88. The molecule has 4 atom stereocenters. The monoisotopic (exact) mass is 266 g/mol. The second kappa shape index (κ2) is 6.25. The average molecular weight is 266 g/mol. The third-order valence-corrected chi connectivity index (χ3v) is 4.61. The third kappa shape index (κ3) is 3.31. The zero-order valence-electron chi connectivity index (χ0n) is 13.0. The SMILES string of the molecule is CCCC1NC(CC(C)C)C(=O)N1C1CCC(C)C1. The minimum Gasteiger partial charge on any atom is -0.323 e. The van der Waals surface area contributed by atoms with Gasteiger partial charge in [0, 0.05) is 6.04 Å². The standard InChI is InChI=1S/C16H30N2O/c1-5-6-15-17-14(9-11(2)3)16(19)18(15)13-8-7-12(4)10-13/h11-15,17H,5-10H2,1-4H3. The van der Waals surface area contributed by atoms with Crippen molar-refractivity contribution >= 4 is 5.91 Å². The number of amides is 1. The molecule has 2 rings (SSSR count). The number of carbonyl (C=O) groups excluding carboxylic acids is 1. The van der Waals surface area contributed by atoms with E-state index in [2.05, 4.69) is 37.9 Å². The van der Waals surface area contributed by atoms with Crippen molar-refractivity contribution in [3.63, 3.8) is 0 Å². The lowest BCUT2D eigenvalue weighted by atomic mass is 10.0. The van der Waals surface area contributed by atoms with Crippen LogP contribution in [-0.4, -0.2) is 29.1 Å². The van der Waals surface area contributed by atoms with Gasteiger partial charge in [-0.1, -0.05) is 34.1 Å². The molecule has 0 spiro atoms. The van der Waals surface area contributed by atoms with Crippen molar-refractivity contribution in [2.75, 3.05) is 0 Å². The minimum atomic E-state index is 0.0625. The molecule has 4 unspecified atom stereocenters. The summed E-state index contributed by atoms with van der Waals surface area (Å²) in [5.74, 6) is 1.72. The van der Waals surface area contributed by atoms with Gasteiger partial charge in [0.15, 0.2) is 0 Å². The highest BCUT2D eigenvalue weighted by Gasteiger charge is 2.43. The molecule has 110 valence electrons. The first-order valence-electron chi connectivity index (χ1n) is 8.11. The maximum absolute atomic E-state index is 12.7. The fraction of sp³-hybridized carbons (Fsp3) is 0.938. The number of hydrogen-bond acceptors (Lipinski definition) is 2. The normalized spacial score (nSPS) is 35.6. The number of nitrogens with zero attached hydrogens (tertiary/aromatic N) is 1. The van der Waals surface area contributed by atoms with Crippen LogP contribution in [0, 0.1) is 11.8 Å². The summed E-state index contributed by atoms with van der Waals surface area (Å²) in [6.45, 7) is 8.92. The van der Waals surface area contributed by atoms with Crippen molar-refractivity contribution < 1.29 is 4.79 Å². The fourth-order valence-corrected chi connectivity index (χ4v) is 3.72. The van der Waals surface area contributed by atoms with Gasteiger partial charge in [-0.15, -0.1) is 0 Å². The topological polar surface area (TPSA) is 32.3 Å². The van der Waals surface area contributed by atoms with Crippen LogP contribution in [0.5, 0.6) is 0 Å². The van der Waals surface area contributed by atoms with Crippen LogP contribution in [0.25, 0.3) is 0 Å². The molecule has 0 bridgehead atoms. The molecular formula is C16H30N2O. The molecule has 3 heteroatoms. The molecule has 1 aliphatic carbocycles. The van der Waals surface area contributed by atoms with E-state index in [1.807, 2.05) is 0 Å². The van der Waals surface area contributed by atoms with Crippen LogP contribution in [0.4, 0.5) is 0 Å². The van der Waals surface area contributed by atoms with Gasteiger partial charge >= 0.3 is 0 Å². The van der Waals surface area contributed by atoms with Gasteiger partial charge in [0.25, 0.3) is 0 Å². The molecule has 3 nitrogen and oxygen atoms in total. The summed E-state index contributed by atoms with van der Waals surface area (Å²) in [5.41, 5.74) is 0. The van der Waals surface area contributed by atoms with E-state index in [0.29, 0.717) is 17.9 Å². The second-order valence-electron chi connectivity index (χ2n) is 6.97. The summed E-state index contributed by atoms with van der Waals surface area (Å²) in [7, 11) is 0. The Bertz CT molecular complexity index is 316. The lowest BCUT2D eigenvalue weighted by Gasteiger charge is -2.30. The van der Waals surface area contributed by atoms with E-state index in [1.54, 1.807) is 0 Å². The lowest BCUT2D eigenvalue weighted by molar-refractivity contribution is -0.132. The molecule has 19 heavy (non-hydrogen) atoms. The summed E-state index contributed by atoms with van der Waals surface area (Å²) in [4.78, 5) is 14.9. The highest BCUT2D eigenvalue weighted by atomic mass is 16.2. The first kappa shape index (κ1) is 14.8. The average Bonchev–Trinajstić information content (AvgIpc) is 2.85.